The number of hydrogen-bond acceptors (Lipinski definition) is 6. The number of ether oxygens (including phenoxy) is 2. The van der Waals surface area contributed by atoms with Gasteiger partial charge in [-0.25, -0.2) is 9.78 Å². The first-order valence-electron chi connectivity index (χ1n) is 7.50. The van der Waals surface area contributed by atoms with Crippen LogP contribution in [0.3, 0.4) is 0 Å². The average Bonchev–Trinajstić information content (AvgIpc) is 2.82. The van der Waals surface area contributed by atoms with Crippen molar-refractivity contribution >= 4 is 17.4 Å². The van der Waals surface area contributed by atoms with Gasteiger partial charge in [-0.3, -0.25) is 4.90 Å². The number of hydrogen-bond donors (Lipinski definition) is 1. The summed E-state index contributed by atoms with van der Waals surface area (Å²) in [5.41, 5.74) is 6.80. The Kier molecular flexibility index (Phi) is 5.41. The third kappa shape index (κ3) is 4.66. The van der Waals surface area contributed by atoms with Crippen LogP contribution in [0, 0.1) is 6.92 Å². The molecule has 0 saturated carbocycles. The Morgan fingerprint density at radius 1 is 1.64 bits per heavy atom. The Hall–Kier alpha value is -1.18. The summed E-state index contributed by atoms with van der Waals surface area (Å²) < 4.78 is 11.0. The number of aromatic nitrogens is 1. The van der Waals surface area contributed by atoms with Crippen LogP contribution in [-0.2, 0) is 15.9 Å². The molecule has 7 heteroatoms. The highest BCUT2D eigenvalue weighted by Gasteiger charge is 2.34. The van der Waals surface area contributed by atoms with Crippen molar-refractivity contribution in [2.75, 3.05) is 19.8 Å². The summed E-state index contributed by atoms with van der Waals surface area (Å²) in [6.45, 7) is 8.99. The van der Waals surface area contributed by atoms with E-state index in [0.717, 1.165) is 10.7 Å². The second-order valence-corrected chi connectivity index (χ2v) is 7.51. The van der Waals surface area contributed by atoms with Crippen molar-refractivity contribution in [3.8, 4) is 0 Å². The lowest BCUT2D eigenvalue weighted by atomic mass is 10.0. The minimum Gasteiger partial charge on any atom is -0.444 e. The zero-order valence-corrected chi connectivity index (χ0v) is 14.5. The summed E-state index contributed by atoms with van der Waals surface area (Å²) in [4.78, 5) is 18.5. The fourth-order valence-electron chi connectivity index (χ4n) is 2.36. The predicted octanol–water partition coefficient (Wildman–Crippen LogP) is 1.96. The SMILES string of the molecule is Cc1csc(CC(N)C2COCCN2C(=O)OC(C)(C)C)n1. The van der Waals surface area contributed by atoms with E-state index in [4.69, 9.17) is 15.2 Å². The van der Waals surface area contributed by atoms with Crippen molar-refractivity contribution < 1.29 is 14.3 Å². The molecule has 0 bridgehead atoms. The van der Waals surface area contributed by atoms with Gasteiger partial charge in [0, 0.05) is 30.1 Å². The van der Waals surface area contributed by atoms with Gasteiger partial charge in [0.2, 0.25) is 0 Å². The Morgan fingerprint density at radius 2 is 2.36 bits per heavy atom. The topological polar surface area (TPSA) is 77.7 Å². The number of rotatable bonds is 3. The lowest BCUT2D eigenvalue weighted by Crippen LogP contribution is -2.58. The van der Waals surface area contributed by atoms with Gasteiger partial charge in [0.1, 0.15) is 5.60 Å². The zero-order valence-electron chi connectivity index (χ0n) is 13.7. The van der Waals surface area contributed by atoms with Gasteiger partial charge in [-0.2, -0.15) is 0 Å². The number of carbonyl (C=O) groups is 1. The molecular weight excluding hydrogens is 302 g/mol. The molecule has 1 aromatic heterocycles. The first-order chi connectivity index (χ1) is 10.3. The number of nitrogens with two attached hydrogens (primary N) is 1. The van der Waals surface area contributed by atoms with Crippen LogP contribution >= 0.6 is 11.3 Å². The van der Waals surface area contributed by atoms with Crippen LogP contribution in [0.1, 0.15) is 31.5 Å². The van der Waals surface area contributed by atoms with E-state index in [2.05, 4.69) is 4.98 Å². The molecule has 2 atom stereocenters. The predicted molar refractivity (Wildman–Crippen MR) is 86.1 cm³/mol. The van der Waals surface area contributed by atoms with E-state index in [1.54, 1.807) is 16.2 Å². The van der Waals surface area contributed by atoms with E-state index < -0.39 is 5.60 Å². The van der Waals surface area contributed by atoms with Gasteiger partial charge in [0.05, 0.1) is 24.3 Å². The third-order valence-electron chi connectivity index (χ3n) is 3.36. The molecule has 22 heavy (non-hydrogen) atoms. The van der Waals surface area contributed by atoms with Crippen LogP contribution in [0.25, 0.3) is 0 Å². The smallest absolute Gasteiger partial charge is 0.410 e. The number of nitrogens with zero attached hydrogens (tertiary/aromatic N) is 2. The van der Waals surface area contributed by atoms with Crippen LogP contribution in [0.2, 0.25) is 0 Å². The summed E-state index contributed by atoms with van der Waals surface area (Å²) >= 11 is 1.59. The average molecular weight is 327 g/mol. The summed E-state index contributed by atoms with van der Waals surface area (Å²) in [6.07, 6.45) is 0.304. The van der Waals surface area contributed by atoms with E-state index in [9.17, 15) is 4.79 Å². The maximum atomic E-state index is 12.4. The van der Waals surface area contributed by atoms with Gasteiger partial charge in [-0.15, -0.1) is 11.3 Å². The van der Waals surface area contributed by atoms with Crippen LogP contribution in [0.5, 0.6) is 0 Å². The molecule has 1 aromatic rings. The van der Waals surface area contributed by atoms with Crippen LogP contribution in [0.4, 0.5) is 4.79 Å². The van der Waals surface area contributed by atoms with Crippen LogP contribution in [0.15, 0.2) is 5.38 Å². The molecule has 0 spiro atoms. The molecule has 2 heterocycles. The Bertz CT molecular complexity index is 512. The fourth-order valence-corrected chi connectivity index (χ4v) is 3.20. The van der Waals surface area contributed by atoms with E-state index in [-0.39, 0.29) is 18.2 Å². The quantitative estimate of drug-likeness (QED) is 0.918. The number of thiazole rings is 1. The minimum atomic E-state index is -0.517. The number of aryl methyl sites for hydroxylation is 1. The Morgan fingerprint density at radius 3 is 2.95 bits per heavy atom. The van der Waals surface area contributed by atoms with Crippen LogP contribution in [-0.4, -0.2) is 53.4 Å². The van der Waals surface area contributed by atoms with Crippen molar-refractivity contribution in [1.82, 2.24) is 9.88 Å². The first kappa shape index (κ1) is 17.2. The summed E-state index contributed by atoms with van der Waals surface area (Å²) in [5, 5.41) is 2.99. The van der Waals surface area contributed by atoms with Gasteiger partial charge in [0.25, 0.3) is 0 Å². The summed E-state index contributed by atoms with van der Waals surface area (Å²) in [6, 6.07) is -0.411. The zero-order chi connectivity index (χ0) is 16.3. The number of morpholine rings is 1. The van der Waals surface area contributed by atoms with E-state index in [1.165, 1.54) is 0 Å². The lowest BCUT2D eigenvalue weighted by molar-refractivity contribution is -0.0378. The maximum absolute atomic E-state index is 12.4. The fraction of sp³-hybridized carbons (Fsp3) is 0.733. The van der Waals surface area contributed by atoms with Crippen molar-refractivity contribution in [1.29, 1.82) is 0 Å². The molecule has 1 fully saturated rings. The van der Waals surface area contributed by atoms with Crippen molar-refractivity contribution in [3.63, 3.8) is 0 Å². The van der Waals surface area contributed by atoms with Gasteiger partial charge in [-0.05, 0) is 27.7 Å². The second kappa shape index (κ2) is 6.93. The normalized spacial score (nSPS) is 20.8. The number of amides is 1. The molecule has 2 unspecified atom stereocenters. The number of carbonyl (C=O) groups excluding carboxylic acids is 1. The summed E-state index contributed by atoms with van der Waals surface area (Å²) in [5.74, 6) is 0. The molecule has 1 aliphatic heterocycles. The molecule has 124 valence electrons. The largest absolute Gasteiger partial charge is 0.444 e. The highest BCUT2D eigenvalue weighted by molar-refractivity contribution is 7.09. The van der Waals surface area contributed by atoms with Gasteiger partial charge in [0.15, 0.2) is 0 Å². The molecular formula is C15H25N3O3S. The molecule has 6 nitrogen and oxygen atoms in total. The lowest BCUT2D eigenvalue weighted by Gasteiger charge is -2.39. The van der Waals surface area contributed by atoms with E-state index in [0.29, 0.717) is 26.2 Å². The monoisotopic (exact) mass is 327 g/mol. The first-order valence-corrected chi connectivity index (χ1v) is 8.38. The van der Waals surface area contributed by atoms with Crippen LogP contribution < -0.4 is 5.73 Å². The molecule has 2 N–H and O–H groups in total. The van der Waals surface area contributed by atoms with Gasteiger partial charge < -0.3 is 15.2 Å². The Balaban J connectivity index is 2.03. The van der Waals surface area contributed by atoms with E-state index >= 15 is 0 Å². The van der Waals surface area contributed by atoms with Gasteiger partial charge >= 0.3 is 6.09 Å². The molecule has 0 aliphatic carbocycles. The maximum Gasteiger partial charge on any atom is 0.410 e. The molecule has 1 aliphatic rings. The van der Waals surface area contributed by atoms with Crippen molar-refractivity contribution in [3.05, 3.63) is 16.1 Å². The third-order valence-corrected chi connectivity index (χ3v) is 4.35. The molecule has 1 amide bonds. The molecule has 2 rings (SSSR count). The van der Waals surface area contributed by atoms with Crippen molar-refractivity contribution in [2.45, 2.75) is 51.8 Å². The molecule has 0 radical (unpaired) electrons. The van der Waals surface area contributed by atoms with Crippen molar-refractivity contribution in [2.24, 2.45) is 5.73 Å². The summed E-state index contributed by atoms with van der Waals surface area (Å²) in [7, 11) is 0. The molecule has 1 saturated heterocycles. The molecule has 0 aromatic carbocycles. The standard InChI is InChI=1S/C15H25N3O3S/c1-10-9-22-13(17-10)7-11(16)12-8-20-6-5-18(12)14(19)21-15(2,3)4/h9,11-12H,5-8,16H2,1-4H3. The Labute approximate surface area is 135 Å². The minimum absolute atomic E-state index is 0.187. The second-order valence-electron chi connectivity index (χ2n) is 6.57. The van der Waals surface area contributed by atoms with Gasteiger partial charge in [-0.1, -0.05) is 0 Å². The highest BCUT2D eigenvalue weighted by Crippen LogP contribution is 2.19. The highest BCUT2D eigenvalue weighted by atomic mass is 32.1. The van der Waals surface area contributed by atoms with E-state index in [1.807, 2.05) is 33.1 Å².